The Labute approximate surface area is 177 Å². The number of carbonyl (C=O) groups excluding carboxylic acids is 1. The topological polar surface area (TPSA) is 88.8 Å². The number of rotatable bonds is 4. The number of hydrogen-bond donors (Lipinski definition) is 1. The Morgan fingerprint density at radius 2 is 2.00 bits per heavy atom. The molecular weight excluding hydrogens is 404 g/mol. The van der Waals surface area contributed by atoms with Crippen molar-refractivity contribution in [3.8, 4) is 11.4 Å². The Morgan fingerprint density at radius 1 is 1.23 bits per heavy atom. The minimum absolute atomic E-state index is 0.0263. The van der Waals surface area contributed by atoms with Crippen molar-refractivity contribution in [1.29, 1.82) is 0 Å². The number of amides is 1. The van der Waals surface area contributed by atoms with Crippen molar-refractivity contribution < 1.29 is 13.6 Å². The first-order chi connectivity index (χ1) is 14.8. The highest BCUT2D eigenvalue weighted by molar-refractivity contribution is 5.89. The van der Waals surface area contributed by atoms with Crippen LogP contribution >= 0.6 is 0 Å². The number of fused-ring (bicyclic) bond motifs is 2. The van der Waals surface area contributed by atoms with E-state index in [1.165, 1.54) is 20.2 Å². The summed E-state index contributed by atoms with van der Waals surface area (Å²) in [5.74, 6) is 1.10. The smallest absolute Gasteiger partial charge is 0.280 e. The van der Waals surface area contributed by atoms with Crippen molar-refractivity contribution in [2.75, 3.05) is 16.8 Å². The van der Waals surface area contributed by atoms with Gasteiger partial charge in [-0.15, -0.1) is 0 Å². The Bertz CT molecular complexity index is 1200. The Morgan fingerprint density at radius 3 is 2.68 bits per heavy atom. The average Bonchev–Trinajstić information content (AvgIpc) is 3.26. The predicted octanol–water partition coefficient (Wildman–Crippen LogP) is 3.66. The maximum absolute atomic E-state index is 13.6. The number of hydrogen-bond acceptors (Lipinski definition) is 6. The van der Waals surface area contributed by atoms with Crippen LogP contribution in [-0.2, 0) is 17.3 Å². The van der Waals surface area contributed by atoms with E-state index in [1.54, 1.807) is 0 Å². The molecule has 1 fully saturated rings. The first-order valence-corrected chi connectivity index (χ1v) is 9.99. The zero-order chi connectivity index (χ0) is 21.9. The van der Waals surface area contributed by atoms with Crippen LogP contribution < -0.4 is 10.2 Å². The number of nitrogens with zero attached hydrogens (tertiary/aromatic N) is 6. The Balaban J connectivity index is 1.60. The molecule has 4 heterocycles. The highest BCUT2D eigenvalue weighted by atomic mass is 19.3. The fraction of sp³-hybridized carbons (Fsp3) is 0.381. The van der Waals surface area contributed by atoms with Gasteiger partial charge in [-0.25, -0.2) is 23.7 Å². The minimum atomic E-state index is -2.69. The molecule has 1 spiro atoms. The number of alkyl halides is 2. The molecule has 0 saturated heterocycles. The number of anilines is 3. The van der Waals surface area contributed by atoms with Gasteiger partial charge >= 0.3 is 0 Å². The van der Waals surface area contributed by atoms with Gasteiger partial charge in [-0.2, -0.15) is 5.10 Å². The third-order valence-electron chi connectivity index (χ3n) is 5.91. The zero-order valence-corrected chi connectivity index (χ0v) is 17.4. The molecule has 1 aliphatic heterocycles. The zero-order valence-electron chi connectivity index (χ0n) is 17.4. The lowest BCUT2D eigenvalue weighted by Gasteiger charge is -2.20. The molecular formula is C21H21F2N7O. The van der Waals surface area contributed by atoms with Gasteiger partial charge in [-0.3, -0.25) is 9.48 Å². The van der Waals surface area contributed by atoms with Crippen molar-refractivity contribution in [2.45, 2.75) is 38.5 Å². The maximum Gasteiger partial charge on any atom is 0.280 e. The fourth-order valence-electron chi connectivity index (χ4n) is 4.27. The van der Waals surface area contributed by atoms with Crippen LogP contribution in [0.1, 0.15) is 43.1 Å². The van der Waals surface area contributed by atoms with E-state index in [2.05, 4.69) is 30.3 Å². The van der Waals surface area contributed by atoms with E-state index in [9.17, 15) is 13.6 Å². The van der Waals surface area contributed by atoms with Crippen LogP contribution in [0.5, 0.6) is 0 Å². The minimum Gasteiger partial charge on any atom is -0.325 e. The van der Waals surface area contributed by atoms with Gasteiger partial charge in [-0.1, -0.05) is 0 Å². The number of halogens is 2. The standard InChI is InChI=1S/C21H21F2N7O/c1-11-6-17(28-20(26-11)13-8-25-29(3)18(13)19(22)23)30-10-21(4-5-21)14-9-24-16(7-15(14)30)27-12(2)31/h6-9,19H,4-5,10H2,1-3H3,(H,24,27,31). The van der Waals surface area contributed by atoms with Gasteiger partial charge in [0, 0.05) is 55.5 Å². The Kier molecular flexibility index (Phi) is 4.28. The lowest BCUT2D eigenvalue weighted by Crippen LogP contribution is -2.20. The van der Waals surface area contributed by atoms with Crippen LogP contribution in [0.3, 0.4) is 0 Å². The van der Waals surface area contributed by atoms with Crippen LogP contribution in [0.4, 0.5) is 26.1 Å². The highest BCUT2D eigenvalue weighted by Gasteiger charge is 2.52. The molecule has 5 rings (SSSR count). The van der Waals surface area contributed by atoms with Crippen molar-refractivity contribution in [3.05, 3.63) is 41.5 Å². The second-order valence-electron chi connectivity index (χ2n) is 8.19. The van der Waals surface area contributed by atoms with E-state index in [1.807, 2.05) is 25.3 Å². The molecule has 0 unspecified atom stereocenters. The number of aryl methyl sites for hydroxylation is 2. The van der Waals surface area contributed by atoms with Crippen molar-refractivity contribution in [1.82, 2.24) is 24.7 Å². The molecule has 1 aliphatic carbocycles. The molecule has 1 amide bonds. The molecule has 0 aromatic carbocycles. The quantitative estimate of drug-likeness (QED) is 0.686. The summed E-state index contributed by atoms with van der Waals surface area (Å²) in [6, 6.07) is 3.68. The predicted molar refractivity (Wildman–Crippen MR) is 110 cm³/mol. The normalized spacial score (nSPS) is 16.1. The van der Waals surface area contributed by atoms with E-state index in [4.69, 9.17) is 0 Å². The summed E-state index contributed by atoms with van der Waals surface area (Å²) in [6.45, 7) is 3.97. The molecule has 0 bridgehead atoms. The first kappa shape index (κ1) is 19.5. The third-order valence-corrected chi connectivity index (χ3v) is 5.91. The summed E-state index contributed by atoms with van der Waals surface area (Å²) < 4.78 is 28.3. The van der Waals surface area contributed by atoms with Gasteiger partial charge in [0.2, 0.25) is 5.91 Å². The molecule has 3 aromatic heterocycles. The summed E-state index contributed by atoms with van der Waals surface area (Å²) in [7, 11) is 1.48. The second-order valence-corrected chi connectivity index (χ2v) is 8.19. The maximum atomic E-state index is 13.6. The molecule has 1 N–H and O–H groups in total. The number of pyridine rings is 1. The van der Waals surface area contributed by atoms with E-state index >= 15 is 0 Å². The van der Waals surface area contributed by atoms with Gasteiger partial charge in [0.1, 0.15) is 17.3 Å². The molecule has 160 valence electrons. The summed E-state index contributed by atoms with van der Waals surface area (Å²) in [4.78, 5) is 27.0. The van der Waals surface area contributed by atoms with E-state index < -0.39 is 6.43 Å². The van der Waals surface area contributed by atoms with Gasteiger partial charge in [-0.05, 0) is 19.8 Å². The molecule has 31 heavy (non-hydrogen) atoms. The molecule has 0 atom stereocenters. The second kappa shape index (κ2) is 6.79. The van der Waals surface area contributed by atoms with Gasteiger partial charge in [0.25, 0.3) is 6.43 Å². The molecule has 2 aliphatic rings. The van der Waals surface area contributed by atoms with Crippen molar-refractivity contribution in [3.63, 3.8) is 0 Å². The van der Waals surface area contributed by atoms with Crippen LogP contribution in [0, 0.1) is 6.92 Å². The third kappa shape index (κ3) is 3.22. The number of carbonyl (C=O) groups is 1. The van der Waals surface area contributed by atoms with E-state index in [-0.39, 0.29) is 28.4 Å². The van der Waals surface area contributed by atoms with Crippen molar-refractivity contribution >= 4 is 23.2 Å². The van der Waals surface area contributed by atoms with Crippen LogP contribution in [0.2, 0.25) is 0 Å². The van der Waals surface area contributed by atoms with Gasteiger partial charge in [0.15, 0.2) is 5.82 Å². The molecule has 3 aromatic rings. The van der Waals surface area contributed by atoms with Crippen LogP contribution in [-0.4, -0.2) is 37.2 Å². The average molecular weight is 425 g/mol. The highest BCUT2D eigenvalue weighted by Crippen LogP contribution is 2.58. The molecule has 8 nitrogen and oxygen atoms in total. The SMILES string of the molecule is CC(=O)Nc1cc2c(cn1)C1(CC1)CN2c1cc(C)nc(-c2cnn(C)c2C(F)F)n1. The summed E-state index contributed by atoms with van der Waals surface area (Å²) in [5.41, 5.74) is 2.73. The summed E-state index contributed by atoms with van der Waals surface area (Å²) in [6.07, 6.45) is 2.60. The monoisotopic (exact) mass is 425 g/mol. The molecule has 10 heteroatoms. The largest absolute Gasteiger partial charge is 0.325 e. The molecule has 0 radical (unpaired) electrons. The van der Waals surface area contributed by atoms with E-state index in [0.717, 1.165) is 35.3 Å². The fourth-order valence-corrected chi connectivity index (χ4v) is 4.27. The molecule has 1 saturated carbocycles. The summed E-state index contributed by atoms with van der Waals surface area (Å²) in [5, 5.41) is 6.70. The van der Waals surface area contributed by atoms with Crippen LogP contribution in [0.25, 0.3) is 11.4 Å². The lowest BCUT2D eigenvalue weighted by atomic mass is 10.0. The number of aromatic nitrogens is 5. The van der Waals surface area contributed by atoms with Gasteiger partial charge < -0.3 is 10.2 Å². The van der Waals surface area contributed by atoms with Gasteiger partial charge in [0.05, 0.1) is 17.4 Å². The van der Waals surface area contributed by atoms with E-state index in [0.29, 0.717) is 17.3 Å². The van der Waals surface area contributed by atoms with Crippen molar-refractivity contribution in [2.24, 2.45) is 7.05 Å². The lowest BCUT2D eigenvalue weighted by molar-refractivity contribution is -0.114. The Hall–Kier alpha value is -3.43. The summed E-state index contributed by atoms with van der Waals surface area (Å²) >= 11 is 0. The number of nitrogens with one attached hydrogen (secondary N) is 1. The van der Waals surface area contributed by atoms with Crippen LogP contribution in [0.15, 0.2) is 24.5 Å². The first-order valence-electron chi connectivity index (χ1n) is 9.99.